The Labute approximate surface area is 141 Å². The third-order valence-electron chi connectivity index (χ3n) is 5.02. The largest absolute Gasteiger partial charge is 0.0626 e. The Morgan fingerprint density at radius 2 is 1.65 bits per heavy atom. The lowest BCUT2D eigenvalue weighted by Gasteiger charge is -2.26. The molecule has 0 atom stereocenters. The van der Waals surface area contributed by atoms with Crippen LogP contribution in [0.2, 0.25) is 0 Å². The van der Waals surface area contributed by atoms with Crippen molar-refractivity contribution in [3.05, 3.63) is 64.2 Å². The summed E-state index contributed by atoms with van der Waals surface area (Å²) in [7, 11) is 0. The molecule has 0 aromatic heterocycles. The summed E-state index contributed by atoms with van der Waals surface area (Å²) in [6.45, 7) is 13.8. The molecule has 0 radical (unpaired) electrons. The molecule has 0 spiro atoms. The molecule has 0 bridgehead atoms. The fourth-order valence-corrected chi connectivity index (χ4v) is 3.58. The van der Waals surface area contributed by atoms with Crippen molar-refractivity contribution in [1.29, 1.82) is 0 Å². The van der Waals surface area contributed by atoms with E-state index in [4.69, 9.17) is 0 Å². The first-order valence-electron chi connectivity index (χ1n) is 8.72. The van der Waals surface area contributed by atoms with Gasteiger partial charge in [0, 0.05) is 0 Å². The van der Waals surface area contributed by atoms with Gasteiger partial charge >= 0.3 is 0 Å². The number of benzene rings is 2. The van der Waals surface area contributed by atoms with Crippen molar-refractivity contribution >= 4 is 6.08 Å². The Morgan fingerprint density at radius 1 is 0.957 bits per heavy atom. The molecule has 3 rings (SSSR count). The van der Waals surface area contributed by atoms with Crippen LogP contribution in [0.25, 0.3) is 17.2 Å². The first-order valence-corrected chi connectivity index (χ1v) is 8.72. The van der Waals surface area contributed by atoms with Gasteiger partial charge in [0.05, 0.1) is 0 Å². The van der Waals surface area contributed by atoms with Crippen molar-refractivity contribution in [2.45, 2.75) is 53.4 Å². The van der Waals surface area contributed by atoms with E-state index in [1.165, 1.54) is 33.4 Å². The number of rotatable bonds is 2. The van der Waals surface area contributed by atoms with Crippen LogP contribution in [0.4, 0.5) is 0 Å². The second-order valence-electron chi connectivity index (χ2n) is 8.18. The fraction of sp³-hybridized carbons (Fsp3) is 0.391. The van der Waals surface area contributed by atoms with E-state index >= 15 is 0 Å². The molecule has 0 heterocycles. The minimum absolute atomic E-state index is 0.140. The molecule has 0 amide bonds. The van der Waals surface area contributed by atoms with Crippen LogP contribution in [0.3, 0.4) is 0 Å². The number of hydrogen-bond acceptors (Lipinski definition) is 0. The summed E-state index contributed by atoms with van der Waals surface area (Å²) in [5, 5.41) is 0. The van der Waals surface area contributed by atoms with Gasteiger partial charge in [-0.25, -0.2) is 0 Å². The maximum absolute atomic E-state index is 2.46. The van der Waals surface area contributed by atoms with Crippen molar-refractivity contribution in [2.75, 3.05) is 0 Å². The van der Waals surface area contributed by atoms with Gasteiger partial charge in [-0.05, 0) is 58.1 Å². The SMILES string of the molecule is Cc1ccccc1-c1c(C(C)(C)C)ccc2c1C=C(C(C)C)C2. The molecule has 120 valence electrons. The van der Waals surface area contributed by atoms with Gasteiger partial charge in [-0.2, -0.15) is 0 Å². The first-order chi connectivity index (χ1) is 10.8. The molecule has 1 aliphatic rings. The van der Waals surface area contributed by atoms with E-state index in [-0.39, 0.29) is 5.41 Å². The molecule has 0 N–H and O–H groups in total. The van der Waals surface area contributed by atoms with Crippen LogP contribution < -0.4 is 0 Å². The monoisotopic (exact) mass is 304 g/mol. The number of fused-ring (bicyclic) bond motifs is 1. The van der Waals surface area contributed by atoms with Crippen LogP contribution in [0.5, 0.6) is 0 Å². The maximum Gasteiger partial charge on any atom is -0.00550 e. The van der Waals surface area contributed by atoms with E-state index in [2.05, 4.69) is 84.0 Å². The number of allylic oxidation sites excluding steroid dienone is 1. The summed E-state index contributed by atoms with van der Waals surface area (Å²) in [6, 6.07) is 13.5. The van der Waals surface area contributed by atoms with Crippen molar-refractivity contribution < 1.29 is 0 Å². The van der Waals surface area contributed by atoms with Crippen molar-refractivity contribution in [3.8, 4) is 11.1 Å². The Balaban J connectivity index is 2.32. The van der Waals surface area contributed by atoms with Gasteiger partial charge in [-0.15, -0.1) is 0 Å². The van der Waals surface area contributed by atoms with E-state index in [0.717, 1.165) is 6.42 Å². The molecule has 2 aromatic carbocycles. The van der Waals surface area contributed by atoms with Gasteiger partial charge in [-0.1, -0.05) is 82.7 Å². The molecule has 0 aliphatic heterocycles. The second kappa shape index (κ2) is 5.67. The summed E-state index contributed by atoms with van der Waals surface area (Å²) >= 11 is 0. The topological polar surface area (TPSA) is 0 Å². The van der Waals surface area contributed by atoms with Crippen molar-refractivity contribution in [2.24, 2.45) is 5.92 Å². The molecule has 1 aliphatic carbocycles. The van der Waals surface area contributed by atoms with Crippen LogP contribution in [-0.2, 0) is 11.8 Å². The molecule has 2 aromatic rings. The van der Waals surface area contributed by atoms with E-state index in [9.17, 15) is 0 Å². The Bertz CT molecular complexity index is 767. The maximum atomic E-state index is 2.46. The molecular formula is C23H28. The zero-order valence-corrected chi connectivity index (χ0v) is 15.3. The predicted octanol–water partition coefficient (Wildman–Crippen LogP) is 6.56. The first kappa shape index (κ1) is 16.1. The summed E-state index contributed by atoms with van der Waals surface area (Å²) in [4.78, 5) is 0. The van der Waals surface area contributed by atoms with Crippen molar-refractivity contribution in [1.82, 2.24) is 0 Å². The fourth-order valence-electron chi connectivity index (χ4n) is 3.58. The Hall–Kier alpha value is -1.82. The van der Waals surface area contributed by atoms with Gasteiger partial charge in [0.1, 0.15) is 0 Å². The average molecular weight is 304 g/mol. The third kappa shape index (κ3) is 2.87. The van der Waals surface area contributed by atoms with Crippen LogP contribution in [0.15, 0.2) is 42.0 Å². The van der Waals surface area contributed by atoms with Gasteiger partial charge in [0.15, 0.2) is 0 Å². The minimum atomic E-state index is 0.140. The molecule has 0 saturated heterocycles. The van der Waals surface area contributed by atoms with Gasteiger partial charge < -0.3 is 0 Å². The Morgan fingerprint density at radius 3 is 2.26 bits per heavy atom. The molecule has 0 nitrogen and oxygen atoms in total. The lowest BCUT2D eigenvalue weighted by Crippen LogP contribution is -2.14. The average Bonchev–Trinajstić information content (AvgIpc) is 2.90. The summed E-state index contributed by atoms with van der Waals surface area (Å²) in [5.41, 5.74) is 10.3. The zero-order valence-electron chi connectivity index (χ0n) is 15.3. The summed E-state index contributed by atoms with van der Waals surface area (Å²) in [6.07, 6.45) is 3.56. The van der Waals surface area contributed by atoms with E-state index < -0.39 is 0 Å². The van der Waals surface area contributed by atoms with Crippen LogP contribution in [0, 0.1) is 12.8 Å². The van der Waals surface area contributed by atoms with Crippen LogP contribution in [-0.4, -0.2) is 0 Å². The van der Waals surface area contributed by atoms with Gasteiger partial charge in [0.25, 0.3) is 0 Å². The highest BCUT2D eigenvalue weighted by Crippen LogP contribution is 2.43. The molecule has 23 heavy (non-hydrogen) atoms. The van der Waals surface area contributed by atoms with Crippen molar-refractivity contribution in [3.63, 3.8) is 0 Å². The van der Waals surface area contributed by atoms with Gasteiger partial charge in [0.2, 0.25) is 0 Å². The summed E-state index contributed by atoms with van der Waals surface area (Å²) < 4.78 is 0. The minimum Gasteiger partial charge on any atom is -0.0626 e. The highest BCUT2D eigenvalue weighted by Gasteiger charge is 2.26. The normalized spacial score (nSPS) is 14.1. The molecule has 0 saturated carbocycles. The molecule has 0 unspecified atom stereocenters. The summed E-state index contributed by atoms with van der Waals surface area (Å²) in [5.74, 6) is 0.616. The van der Waals surface area contributed by atoms with Gasteiger partial charge in [-0.3, -0.25) is 0 Å². The smallest absolute Gasteiger partial charge is 0.00550 e. The third-order valence-corrected chi connectivity index (χ3v) is 5.02. The second-order valence-corrected chi connectivity index (χ2v) is 8.18. The highest BCUT2D eigenvalue weighted by molar-refractivity contribution is 5.85. The van der Waals surface area contributed by atoms with E-state index in [0.29, 0.717) is 5.92 Å². The van der Waals surface area contributed by atoms with Crippen LogP contribution >= 0.6 is 0 Å². The molecule has 0 heteroatoms. The number of hydrogen-bond donors (Lipinski definition) is 0. The highest BCUT2D eigenvalue weighted by atomic mass is 14.3. The zero-order chi connectivity index (χ0) is 16.8. The standard InChI is InChI=1S/C23H28/c1-15(2)18-13-17-11-12-21(23(4,5)6)22(20(17)14-18)19-10-8-7-9-16(19)3/h7-12,14-15H,13H2,1-6H3. The van der Waals surface area contributed by atoms with E-state index in [1.807, 2.05) is 0 Å². The van der Waals surface area contributed by atoms with Crippen LogP contribution in [0.1, 0.15) is 56.9 Å². The molecular weight excluding hydrogens is 276 g/mol. The lowest BCUT2D eigenvalue weighted by molar-refractivity contribution is 0.591. The lowest BCUT2D eigenvalue weighted by atomic mass is 9.78. The quantitative estimate of drug-likeness (QED) is 0.589. The predicted molar refractivity (Wildman–Crippen MR) is 102 cm³/mol. The Kier molecular flexibility index (Phi) is 3.96. The van der Waals surface area contributed by atoms with E-state index in [1.54, 1.807) is 5.57 Å². The molecule has 0 fully saturated rings. The number of aryl methyl sites for hydroxylation is 1.